The number of ether oxygens (including phenoxy) is 1. The number of anilines is 1. The van der Waals surface area contributed by atoms with E-state index in [1.54, 1.807) is 0 Å². The lowest BCUT2D eigenvalue weighted by atomic mass is 10.0. The number of nitro groups is 1. The first kappa shape index (κ1) is 24.1. The summed E-state index contributed by atoms with van der Waals surface area (Å²) < 4.78 is 30.9. The Balaban J connectivity index is 2.01. The molecule has 10 heteroatoms. The monoisotopic (exact) mass is 449 g/mol. The number of nitrogens with zero attached hydrogens (tertiary/aromatic N) is 2. The van der Waals surface area contributed by atoms with E-state index < -0.39 is 14.9 Å². The van der Waals surface area contributed by atoms with Crippen molar-refractivity contribution >= 4 is 27.3 Å². The summed E-state index contributed by atoms with van der Waals surface area (Å²) in [5.41, 5.74) is 0.929. The number of amides is 1. The van der Waals surface area contributed by atoms with E-state index in [0.29, 0.717) is 6.54 Å². The highest BCUT2D eigenvalue weighted by molar-refractivity contribution is 7.92. The van der Waals surface area contributed by atoms with Gasteiger partial charge in [0.1, 0.15) is 11.4 Å². The molecule has 0 aliphatic carbocycles. The molecule has 0 unspecified atom stereocenters. The molecule has 31 heavy (non-hydrogen) atoms. The summed E-state index contributed by atoms with van der Waals surface area (Å²) in [6.07, 6.45) is 1.36. The van der Waals surface area contributed by atoms with E-state index in [1.165, 1.54) is 19.2 Å². The van der Waals surface area contributed by atoms with Crippen molar-refractivity contribution in [1.82, 2.24) is 5.32 Å². The summed E-state index contributed by atoms with van der Waals surface area (Å²) in [5, 5.41) is 14.0. The third-order valence-electron chi connectivity index (χ3n) is 4.78. The molecule has 2 aromatic carbocycles. The standard InChI is InChI=1S/C21H27N3O6S/c1-16(17-8-5-4-6-9-17)15-22-21(25)10-7-13-23(31(3,28)29)19-14-18(24(26)27)11-12-20(19)30-2/h4-6,8-9,11-12,14,16H,7,10,13,15H2,1-3H3,(H,22,25)/t16-/m1/s1. The summed E-state index contributed by atoms with van der Waals surface area (Å²) in [7, 11) is -2.40. The number of nitro benzene ring substituents is 1. The number of sulfonamides is 1. The first-order valence-electron chi connectivity index (χ1n) is 9.75. The Labute approximate surface area is 182 Å². The zero-order valence-electron chi connectivity index (χ0n) is 17.8. The van der Waals surface area contributed by atoms with Crippen LogP contribution < -0.4 is 14.4 Å². The van der Waals surface area contributed by atoms with Gasteiger partial charge in [0.05, 0.1) is 18.3 Å². The molecular formula is C21H27N3O6S. The average molecular weight is 450 g/mol. The minimum absolute atomic E-state index is 0.0159. The molecule has 2 rings (SSSR count). The minimum Gasteiger partial charge on any atom is -0.495 e. The molecule has 2 aromatic rings. The number of non-ortho nitro benzene ring substituents is 1. The Hall–Kier alpha value is -3.14. The third-order valence-corrected chi connectivity index (χ3v) is 5.96. The van der Waals surface area contributed by atoms with E-state index in [1.807, 2.05) is 37.3 Å². The van der Waals surface area contributed by atoms with Crippen LogP contribution in [0.4, 0.5) is 11.4 Å². The summed E-state index contributed by atoms with van der Waals surface area (Å²) in [6.45, 7) is 2.46. The molecule has 0 heterocycles. The van der Waals surface area contributed by atoms with Crippen LogP contribution in [0, 0.1) is 10.1 Å². The number of methoxy groups -OCH3 is 1. The number of carbonyl (C=O) groups is 1. The third kappa shape index (κ3) is 6.95. The number of nitrogens with one attached hydrogen (secondary N) is 1. The van der Waals surface area contributed by atoms with Gasteiger partial charge < -0.3 is 10.1 Å². The quantitative estimate of drug-likeness (QED) is 0.416. The molecule has 0 saturated carbocycles. The Bertz CT molecular complexity index is 1010. The fourth-order valence-corrected chi connectivity index (χ4v) is 4.05. The second kappa shape index (κ2) is 10.8. The first-order valence-corrected chi connectivity index (χ1v) is 11.6. The van der Waals surface area contributed by atoms with Crippen molar-refractivity contribution in [3.05, 3.63) is 64.2 Å². The topological polar surface area (TPSA) is 119 Å². The first-order chi connectivity index (χ1) is 14.6. The Morgan fingerprint density at radius 3 is 2.48 bits per heavy atom. The Kier molecular flexibility index (Phi) is 8.38. The van der Waals surface area contributed by atoms with E-state index in [-0.39, 0.29) is 48.3 Å². The highest BCUT2D eigenvalue weighted by Crippen LogP contribution is 2.33. The maximum atomic E-state index is 12.3. The van der Waals surface area contributed by atoms with Gasteiger partial charge in [0.15, 0.2) is 0 Å². The van der Waals surface area contributed by atoms with E-state index in [4.69, 9.17) is 4.74 Å². The zero-order valence-corrected chi connectivity index (χ0v) is 18.6. The van der Waals surface area contributed by atoms with Gasteiger partial charge in [0.2, 0.25) is 15.9 Å². The van der Waals surface area contributed by atoms with Crippen LogP contribution in [0.25, 0.3) is 0 Å². The van der Waals surface area contributed by atoms with Crippen molar-refractivity contribution in [3.63, 3.8) is 0 Å². The Morgan fingerprint density at radius 1 is 1.23 bits per heavy atom. The van der Waals surface area contributed by atoms with Crippen LogP contribution in [-0.2, 0) is 14.8 Å². The fourth-order valence-electron chi connectivity index (χ4n) is 3.09. The highest BCUT2D eigenvalue weighted by atomic mass is 32.2. The minimum atomic E-state index is -3.75. The molecule has 0 fully saturated rings. The Morgan fingerprint density at radius 2 is 1.90 bits per heavy atom. The number of hydrogen-bond acceptors (Lipinski definition) is 6. The number of benzene rings is 2. The van der Waals surface area contributed by atoms with Crippen LogP contribution in [0.1, 0.15) is 31.2 Å². The second-order valence-corrected chi connectivity index (χ2v) is 9.07. The van der Waals surface area contributed by atoms with Gasteiger partial charge in [-0.3, -0.25) is 19.2 Å². The van der Waals surface area contributed by atoms with Gasteiger partial charge in [-0.25, -0.2) is 8.42 Å². The van der Waals surface area contributed by atoms with Crippen LogP contribution in [0.3, 0.4) is 0 Å². The fraction of sp³-hybridized carbons (Fsp3) is 0.381. The summed E-state index contributed by atoms with van der Waals surface area (Å²) >= 11 is 0. The molecule has 0 saturated heterocycles. The zero-order chi connectivity index (χ0) is 23.0. The van der Waals surface area contributed by atoms with Crippen molar-refractivity contribution in [3.8, 4) is 5.75 Å². The summed E-state index contributed by atoms with van der Waals surface area (Å²) in [4.78, 5) is 22.7. The highest BCUT2D eigenvalue weighted by Gasteiger charge is 2.24. The van der Waals surface area contributed by atoms with Gasteiger partial charge in [0.25, 0.3) is 5.69 Å². The van der Waals surface area contributed by atoms with Crippen molar-refractivity contribution in [2.24, 2.45) is 0 Å². The van der Waals surface area contributed by atoms with Gasteiger partial charge in [-0.05, 0) is 24.0 Å². The molecule has 168 valence electrons. The van der Waals surface area contributed by atoms with Crippen LogP contribution >= 0.6 is 0 Å². The predicted octanol–water partition coefficient (Wildman–Crippen LogP) is 3.07. The van der Waals surface area contributed by atoms with Gasteiger partial charge in [-0.15, -0.1) is 0 Å². The van der Waals surface area contributed by atoms with Crippen molar-refractivity contribution in [2.75, 3.05) is 30.8 Å². The van der Waals surface area contributed by atoms with Crippen LogP contribution in [0.15, 0.2) is 48.5 Å². The van der Waals surface area contributed by atoms with E-state index in [2.05, 4.69) is 5.32 Å². The lowest BCUT2D eigenvalue weighted by Gasteiger charge is -2.24. The molecule has 0 radical (unpaired) electrons. The number of rotatable bonds is 11. The summed E-state index contributed by atoms with van der Waals surface area (Å²) in [6, 6.07) is 13.5. The molecule has 0 aliphatic heterocycles. The number of carbonyl (C=O) groups excluding carboxylic acids is 1. The number of hydrogen-bond donors (Lipinski definition) is 1. The van der Waals surface area contributed by atoms with Crippen LogP contribution in [0.2, 0.25) is 0 Å². The van der Waals surface area contributed by atoms with E-state index in [9.17, 15) is 23.3 Å². The van der Waals surface area contributed by atoms with Gasteiger partial charge in [-0.1, -0.05) is 37.3 Å². The molecule has 0 aromatic heterocycles. The van der Waals surface area contributed by atoms with Gasteiger partial charge >= 0.3 is 0 Å². The lowest BCUT2D eigenvalue weighted by molar-refractivity contribution is -0.384. The maximum absolute atomic E-state index is 12.3. The van der Waals surface area contributed by atoms with Crippen LogP contribution in [-0.4, -0.2) is 45.7 Å². The van der Waals surface area contributed by atoms with Crippen LogP contribution in [0.5, 0.6) is 5.75 Å². The predicted molar refractivity (Wildman–Crippen MR) is 119 cm³/mol. The molecule has 0 spiro atoms. The molecule has 0 aliphatic rings. The van der Waals surface area contributed by atoms with Crippen molar-refractivity contribution < 1.29 is 22.9 Å². The van der Waals surface area contributed by atoms with Crippen molar-refractivity contribution in [1.29, 1.82) is 0 Å². The molecule has 1 amide bonds. The molecule has 1 atom stereocenters. The molecule has 0 bridgehead atoms. The summed E-state index contributed by atoms with van der Waals surface area (Å²) in [5.74, 6) is 0.145. The van der Waals surface area contributed by atoms with E-state index >= 15 is 0 Å². The molecular weight excluding hydrogens is 422 g/mol. The van der Waals surface area contributed by atoms with E-state index in [0.717, 1.165) is 22.2 Å². The lowest BCUT2D eigenvalue weighted by Crippen LogP contribution is -2.33. The van der Waals surface area contributed by atoms with Crippen molar-refractivity contribution in [2.45, 2.75) is 25.7 Å². The maximum Gasteiger partial charge on any atom is 0.271 e. The largest absolute Gasteiger partial charge is 0.495 e. The molecule has 1 N–H and O–H groups in total. The van der Waals surface area contributed by atoms with Gasteiger partial charge in [0, 0.05) is 31.6 Å². The SMILES string of the molecule is COc1ccc([N+](=O)[O-])cc1N(CCCC(=O)NC[C@@H](C)c1ccccc1)S(C)(=O)=O. The van der Waals surface area contributed by atoms with Gasteiger partial charge in [-0.2, -0.15) is 0 Å². The molecule has 9 nitrogen and oxygen atoms in total. The normalized spacial score (nSPS) is 12.1. The second-order valence-electron chi connectivity index (χ2n) is 7.17. The smallest absolute Gasteiger partial charge is 0.271 e. The average Bonchev–Trinajstić information content (AvgIpc) is 2.74.